The van der Waals surface area contributed by atoms with Crippen molar-refractivity contribution >= 4 is 11.6 Å². The molecule has 1 saturated heterocycles. The van der Waals surface area contributed by atoms with Gasteiger partial charge in [0.2, 0.25) is 0 Å². The fourth-order valence-corrected chi connectivity index (χ4v) is 2.13. The Morgan fingerprint density at radius 3 is 3.07 bits per heavy atom. The van der Waals surface area contributed by atoms with E-state index in [9.17, 15) is 0 Å². The van der Waals surface area contributed by atoms with Crippen molar-refractivity contribution in [1.29, 1.82) is 0 Å². The lowest BCUT2D eigenvalue weighted by Crippen LogP contribution is -2.15. The lowest BCUT2D eigenvalue weighted by molar-refractivity contribution is 0.393. The maximum Gasteiger partial charge on any atom is 0.147 e. The quantitative estimate of drug-likeness (QED) is 0.745. The van der Waals surface area contributed by atoms with Crippen LogP contribution in [0.2, 0.25) is 5.15 Å². The highest BCUT2D eigenvalue weighted by molar-refractivity contribution is 6.29. The number of nitrogens with zero attached hydrogens (tertiary/aromatic N) is 3. The van der Waals surface area contributed by atoms with Crippen LogP contribution in [0.25, 0.3) is 0 Å². The van der Waals surface area contributed by atoms with Crippen LogP contribution in [0.4, 0.5) is 0 Å². The Labute approximate surface area is 89.1 Å². The standard InChI is InChI=1S/C10H14ClN3/c1-14-3-2-8(7-14)4-9-5-12-6-10(11)13-9/h5-6,8H,2-4,7H2,1H3. The molecule has 1 fully saturated rings. The van der Waals surface area contributed by atoms with Crippen molar-refractivity contribution in [1.82, 2.24) is 14.9 Å². The van der Waals surface area contributed by atoms with Crippen molar-refractivity contribution in [2.75, 3.05) is 20.1 Å². The zero-order chi connectivity index (χ0) is 9.97. The molecule has 14 heavy (non-hydrogen) atoms. The van der Waals surface area contributed by atoms with E-state index in [1.165, 1.54) is 13.0 Å². The Hall–Kier alpha value is -0.670. The molecule has 0 N–H and O–H groups in total. The van der Waals surface area contributed by atoms with E-state index in [1.54, 1.807) is 6.20 Å². The van der Waals surface area contributed by atoms with Gasteiger partial charge in [0.25, 0.3) is 0 Å². The summed E-state index contributed by atoms with van der Waals surface area (Å²) < 4.78 is 0. The number of hydrogen-bond donors (Lipinski definition) is 0. The van der Waals surface area contributed by atoms with Crippen molar-refractivity contribution in [3.8, 4) is 0 Å². The van der Waals surface area contributed by atoms with Gasteiger partial charge in [-0.25, -0.2) is 4.98 Å². The summed E-state index contributed by atoms with van der Waals surface area (Å²) >= 11 is 5.77. The lowest BCUT2D eigenvalue weighted by atomic mass is 10.0. The summed E-state index contributed by atoms with van der Waals surface area (Å²) in [7, 11) is 2.16. The second-order valence-corrected chi connectivity index (χ2v) is 4.34. The summed E-state index contributed by atoms with van der Waals surface area (Å²) in [5.74, 6) is 0.716. The molecule has 0 amide bonds. The minimum Gasteiger partial charge on any atom is -0.306 e. The van der Waals surface area contributed by atoms with Gasteiger partial charge in [-0.05, 0) is 32.4 Å². The van der Waals surface area contributed by atoms with Gasteiger partial charge < -0.3 is 4.90 Å². The third-order valence-electron chi connectivity index (χ3n) is 2.64. The van der Waals surface area contributed by atoms with Crippen LogP contribution in [0, 0.1) is 5.92 Å². The molecule has 0 bridgehead atoms. The predicted molar refractivity (Wildman–Crippen MR) is 56.4 cm³/mol. The second-order valence-electron chi connectivity index (χ2n) is 3.95. The van der Waals surface area contributed by atoms with Crippen LogP contribution in [0.15, 0.2) is 12.4 Å². The molecule has 0 aliphatic carbocycles. The first-order chi connectivity index (χ1) is 6.74. The number of aromatic nitrogens is 2. The summed E-state index contributed by atoms with van der Waals surface area (Å²) in [4.78, 5) is 10.6. The molecule has 1 aliphatic heterocycles. The van der Waals surface area contributed by atoms with Gasteiger partial charge in [-0.1, -0.05) is 11.6 Å². The topological polar surface area (TPSA) is 29.0 Å². The molecule has 1 aromatic heterocycles. The van der Waals surface area contributed by atoms with Crippen LogP contribution in [0.1, 0.15) is 12.1 Å². The number of hydrogen-bond acceptors (Lipinski definition) is 3. The molecule has 1 atom stereocenters. The summed E-state index contributed by atoms with van der Waals surface area (Å²) in [6.45, 7) is 2.35. The highest BCUT2D eigenvalue weighted by Gasteiger charge is 2.20. The molecule has 4 heteroatoms. The minimum atomic E-state index is 0.494. The van der Waals surface area contributed by atoms with Crippen LogP contribution < -0.4 is 0 Å². The fourth-order valence-electron chi connectivity index (χ4n) is 1.97. The van der Waals surface area contributed by atoms with Crippen LogP contribution in [0.5, 0.6) is 0 Å². The van der Waals surface area contributed by atoms with Gasteiger partial charge in [0.1, 0.15) is 5.15 Å². The van der Waals surface area contributed by atoms with E-state index in [0.29, 0.717) is 11.1 Å². The molecule has 2 rings (SSSR count). The highest BCUT2D eigenvalue weighted by Crippen LogP contribution is 2.18. The molecule has 1 unspecified atom stereocenters. The molecule has 0 spiro atoms. The van der Waals surface area contributed by atoms with Crippen molar-refractivity contribution in [2.45, 2.75) is 12.8 Å². The average molecular weight is 212 g/mol. The molecule has 3 nitrogen and oxygen atoms in total. The SMILES string of the molecule is CN1CCC(Cc2cncc(Cl)n2)C1. The molecule has 76 valence electrons. The largest absolute Gasteiger partial charge is 0.306 e. The van der Waals surface area contributed by atoms with E-state index >= 15 is 0 Å². The van der Waals surface area contributed by atoms with Gasteiger partial charge in [0, 0.05) is 12.7 Å². The Balaban J connectivity index is 1.97. The van der Waals surface area contributed by atoms with Gasteiger partial charge in [-0.3, -0.25) is 4.98 Å². The van der Waals surface area contributed by atoms with Crippen molar-refractivity contribution in [2.24, 2.45) is 5.92 Å². The van der Waals surface area contributed by atoms with E-state index in [4.69, 9.17) is 11.6 Å². The zero-order valence-corrected chi connectivity index (χ0v) is 9.04. The highest BCUT2D eigenvalue weighted by atomic mass is 35.5. The van der Waals surface area contributed by atoms with Gasteiger partial charge in [0.15, 0.2) is 0 Å². The maximum atomic E-state index is 5.77. The lowest BCUT2D eigenvalue weighted by Gasteiger charge is -2.09. The Morgan fingerprint density at radius 1 is 1.57 bits per heavy atom. The smallest absolute Gasteiger partial charge is 0.147 e. The molecule has 2 heterocycles. The summed E-state index contributed by atoms with van der Waals surface area (Å²) in [5.41, 5.74) is 1.01. The monoisotopic (exact) mass is 211 g/mol. The predicted octanol–water partition coefficient (Wildman–Crippen LogP) is 1.62. The normalized spacial score (nSPS) is 22.9. The number of halogens is 1. The molecule has 0 aromatic carbocycles. The van der Waals surface area contributed by atoms with E-state index in [2.05, 4.69) is 21.9 Å². The van der Waals surface area contributed by atoms with Crippen LogP contribution >= 0.6 is 11.6 Å². The molecule has 1 aliphatic rings. The minimum absolute atomic E-state index is 0.494. The Morgan fingerprint density at radius 2 is 2.43 bits per heavy atom. The third-order valence-corrected chi connectivity index (χ3v) is 2.82. The number of rotatable bonds is 2. The van der Waals surface area contributed by atoms with Gasteiger partial charge in [-0.2, -0.15) is 0 Å². The van der Waals surface area contributed by atoms with Crippen LogP contribution in [-0.2, 0) is 6.42 Å². The number of likely N-dealkylation sites (tertiary alicyclic amines) is 1. The summed E-state index contributed by atoms with van der Waals surface area (Å²) in [6.07, 6.45) is 5.64. The molecule has 0 radical (unpaired) electrons. The fraction of sp³-hybridized carbons (Fsp3) is 0.600. The first kappa shape index (κ1) is 9.87. The maximum absolute atomic E-state index is 5.77. The van der Waals surface area contributed by atoms with Gasteiger partial charge >= 0.3 is 0 Å². The van der Waals surface area contributed by atoms with Gasteiger partial charge in [0.05, 0.1) is 11.9 Å². The van der Waals surface area contributed by atoms with E-state index in [0.717, 1.165) is 18.7 Å². The third kappa shape index (κ3) is 2.42. The van der Waals surface area contributed by atoms with Gasteiger partial charge in [-0.15, -0.1) is 0 Å². The molecular formula is C10H14ClN3. The molecular weight excluding hydrogens is 198 g/mol. The first-order valence-corrected chi connectivity index (χ1v) is 5.27. The van der Waals surface area contributed by atoms with Crippen molar-refractivity contribution in [3.63, 3.8) is 0 Å². The van der Waals surface area contributed by atoms with Crippen LogP contribution in [0.3, 0.4) is 0 Å². The average Bonchev–Trinajstić information content (AvgIpc) is 2.51. The summed E-state index contributed by atoms with van der Waals surface area (Å²) in [6, 6.07) is 0. The second kappa shape index (κ2) is 4.24. The van der Waals surface area contributed by atoms with Crippen molar-refractivity contribution in [3.05, 3.63) is 23.2 Å². The van der Waals surface area contributed by atoms with E-state index in [-0.39, 0.29) is 0 Å². The first-order valence-electron chi connectivity index (χ1n) is 4.89. The van der Waals surface area contributed by atoms with E-state index < -0.39 is 0 Å². The van der Waals surface area contributed by atoms with Crippen molar-refractivity contribution < 1.29 is 0 Å². The zero-order valence-electron chi connectivity index (χ0n) is 8.28. The Bertz CT molecular complexity index is 316. The molecule has 0 saturated carbocycles. The van der Waals surface area contributed by atoms with Crippen LogP contribution in [-0.4, -0.2) is 35.0 Å². The Kier molecular flexibility index (Phi) is 2.99. The van der Waals surface area contributed by atoms with E-state index in [1.807, 2.05) is 6.20 Å². The summed E-state index contributed by atoms with van der Waals surface area (Å²) in [5, 5.41) is 0.494. The molecule has 1 aromatic rings.